The van der Waals surface area contributed by atoms with Crippen LogP contribution in [0.25, 0.3) is 11.3 Å². The number of non-ortho nitro benzene ring substituents is 1. The average Bonchev–Trinajstić information content (AvgIpc) is 3.17. The minimum absolute atomic E-state index is 0.0267. The van der Waals surface area contributed by atoms with Crippen LogP contribution in [0.15, 0.2) is 70.1 Å². The van der Waals surface area contributed by atoms with Gasteiger partial charge in [0.1, 0.15) is 17.3 Å². The SMILES string of the molecule is CC1(C)CC(=O)C2C(=Nc3ccccc3NC2c2ccc(-c3ccc([N+](=O)[O-])cc3)o2)C1. The van der Waals surface area contributed by atoms with E-state index in [4.69, 9.17) is 9.41 Å². The molecule has 162 valence electrons. The number of fused-ring (bicyclic) bond motifs is 2. The van der Waals surface area contributed by atoms with Crippen LogP contribution in [0.2, 0.25) is 0 Å². The van der Waals surface area contributed by atoms with Gasteiger partial charge in [0.2, 0.25) is 0 Å². The molecule has 2 aliphatic rings. The lowest BCUT2D eigenvalue weighted by molar-refractivity contribution is -0.384. The Labute approximate surface area is 185 Å². The Bertz CT molecular complexity index is 1240. The molecular weight excluding hydrogens is 406 g/mol. The molecule has 0 saturated heterocycles. The van der Waals surface area contributed by atoms with E-state index in [0.29, 0.717) is 17.9 Å². The van der Waals surface area contributed by atoms with Gasteiger partial charge < -0.3 is 9.73 Å². The summed E-state index contributed by atoms with van der Waals surface area (Å²) in [4.78, 5) is 28.7. The zero-order valence-corrected chi connectivity index (χ0v) is 17.9. The number of rotatable bonds is 3. The van der Waals surface area contributed by atoms with Crippen molar-refractivity contribution in [2.75, 3.05) is 5.32 Å². The number of hydrogen-bond donors (Lipinski definition) is 1. The van der Waals surface area contributed by atoms with Gasteiger partial charge in [-0.3, -0.25) is 19.9 Å². The van der Waals surface area contributed by atoms with E-state index < -0.39 is 10.8 Å². The molecule has 1 aromatic heterocycles. The lowest BCUT2D eigenvalue weighted by atomic mass is 9.68. The van der Waals surface area contributed by atoms with E-state index in [1.807, 2.05) is 36.4 Å². The number of aliphatic imine (C=N–C) groups is 1. The summed E-state index contributed by atoms with van der Waals surface area (Å²) in [6, 6.07) is 17.3. The zero-order valence-electron chi connectivity index (χ0n) is 17.9. The van der Waals surface area contributed by atoms with Crippen molar-refractivity contribution >= 4 is 28.6 Å². The number of ketones is 1. The van der Waals surface area contributed by atoms with E-state index in [1.165, 1.54) is 12.1 Å². The number of carbonyl (C=O) groups excluding carboxylic acids is 1. The van der Waals surface area contributed by atoms with Gasteiger partial charge >= 0.3 is 0 Å². The average molecular weight is 429 g/mol. The molecule has 3 aromatic rings. The molecule has 0 bridgehead atoms. The first-order chi connectivity index (χ1) is 15.3. The zero-order chi connectivity index (χ0) is 22.5. The maximum Gasteiger partial charge on any atom is 0.269 e. The normalized spacial score (nSPS) is 21.6. The standard InChI is InChI=1S/C25H23N3O4/c1-25(2)13-19-23(20(29)14-25)24(27-18-6-4-3-5-17(18)26-19)22-12-11-21(32-22)15-7-9-16(10-8-15)28(30)31/h3-12,23-24,27H,13-14H2,1-2H3. The van der Waals surface area contributed by atoms with Crippen LogP contribution in [0.1, 0.15) is 38.5 Å². The van der Waals surface area contributed by atoms with Crippen LogP contribution in [0.3, 0.4) is 0 Å². The van der Waals surface area contributed by atoms with Crippen LogP contribution in [0.4, 0.5) is 17.1 Å². The van der Waals surface area contributed by atoms with Gasteiger partial charge in [0, 0.05) is 29.8 Å². The monoisotopic (exact) mass is 429 g/mol. The number of hydrogen-bond acceptors (Lipinski definition) is 6. The van der Waals surface area contributed by atoms with E-state index >= 15 is 0 Å². The number of furan rings is 1. The Morgan fingerprint density at radius 3 is 2.56 bits per heavy atom. The van der Waals surface area contributed by atoms with Crippen molar-refractivity contribution in [3.05, 3.63) is 76.5 Å². The Balaban J connectivity index is 1.55. The molecule has 1 aliphatic carbocycles. The van der Waals surface area contributed by atoms with Crippen LogP contribution >= 0.6 is 0 Å². The molecule has 2 unspecified atom stereocenters. The number of nitro groups is 1. The van der Waals surface area contributed by atoms with Gasteiger partial charge in [-0.1, -0.05) is 26.0 Å². The molecule has 2 atom stereocenters. The predicted octanol–water partition coefficient (Wildman–Crippen LogP) is 6.10. The topological polar surface area (TPSA) is 97.7 Å². The Morgan fingerprint density at radius 1 is 1.06 bits per heavy atom. The van der Waals surface area contributed by atoms with Gasteiger partial charge in [-0.05, 0) is 48.2 Å². The first-order valence-electron chi connectivity index (χ1n) is 10.6. The number of nitro benzene ring substituents is 1. The molecule has 0 amide bonds. The van der Waals surface area contributed by atoms with Crippen LogP contribution in [-0.2, 0) is 4.79 Å². The van der Waals surface area contributed by atoms with Crippen LogP contribution in [-0.4, -0.2) is 16.4 Å². The summed E-state index contributed by atoms with van der Waals surface area (Å²) in [6.07, 6.45) is 1.23. The molecule has 1 fully saturated rings. The molecule has 2 aromatic carbocycles. The largest absolute Gasteiger partial charge is 0.459 e. The Kier molecular flexibility index (Phi) is 4.69. The summed E-state index contributed by atoms with van der Waals surface area (Å²) in [6.45, 7) is 4.20. The molecule has 1 saturated carbocycles. The lowest BCUT2D eigenvalue weighted by Crippen LogP contribution is -2.42. The Morgan fingerprint density at radius 2 is 1.81 bits per heavy atom. The van der Waals surface area contributed by atoms with Crippen molar-refractivity contribution in [2.45, 2.75) is 32.7 Å². The van der Waals surface area contributed by atoms with Gasteiger partial charge in [-0.25, -0.2) is 0 Å². The number of Topliss-reactive ketones (excluding diaryl/α,β-unsaturated/α-hetero) is 1. The summed E-state index contributed by atoms with van der Waals surface area (Å²) in [5.74, 6) is 0.974. The number of nitrogens with one attached hydrogen (secondary N) is 1. The fourth-order valence-electron chi connectivity index (χ4n) is 4.67. The third kappa shape index (κ3) is 3.60. The molecule has 2 heterocycles. The second-order valence-corrected chi connectivity index (χ2v) is 9.21. The molecule has 5 rings (SSSR count). The minimum Gasteiger partial charge on any atom is -0.459 e. The van der Waals surface area contributed by atoms with E-state index in [-0.39, 0.29) is 22.9 Å². The number of carbonyl (C=O) groups is 1. The highest BCUT2D eigenvalue weighted by Crippen LogP contribution is 2.45. The van der Waals surface area contributed by atoms with Gasteiger partial charge in [0.15, 0.2) is 0 Å². The van der Waals surface area contributed by atoms with Crippen molar-refractivity contribution < 1.29 is 14.1 Å². The molecule has 7 heteroatoms. The lowest BCUT2D eigenvalue weighted by Gasteiger charge is -2.36. The van der Waals surface area contributed by atoms with E-state index in [2.05, 4.69) is 19.2 Å². The quantitative estimate of drug-likeness (QED) is 0.401. The number of para-hydroxylation sites is 2. The molecule has 1 aliphatic heterocycles. The summed E-state index contributed by atoms with van der Waals surface area (Å²) < 4.78 is 6.19. The fourth-order valence-corrected chi connectivity index (χ4v) is 4.67. The van der Waals surface area contributed by atoms with E-state index in [0.717, 1.165) is 29.1 Å². The summed E-state index contributed by atoms with van der Waals surface area (Å²) in [5.41, 5.74) is 3.19. The summed E-state index contributed by atoms with van der Waals surface area (Å²) >= 11 is 0. The van der Waals surface area contributed by atoms with Crippen molar-refractivity contribution in [3.63, 3.8) is 0 Å². The first kappa shape index (κ1) is 20.2. The molecule has 0 radical (unpaired) electrons. The highest BCUT2D eigenvalue weighted by Gasteiger charge is 2.45. The maximum absolute atomic E-state index is 13.3. The van der Waals surface area contributed by atoms with E-state index in [1.54, 1.807) is 12.1 Å². The van der Waals surface area contributed by atoms with Crippen molar-refractivity contribution in [1.82, 2.24) is 0 Å². The molecule has 7 nitrogen and oxygen atoms in total. The first-order valence-corrected chi connectivity index (χ1v) is 10.6. The predicted molar refractivity (Wildman–Crippen MR) is 122 cm³/mol. The van der Waals surface area contributed by atoms with E-state index in [9.17, 15) is 14.9 Å². The summed E-state index contributed by atoms with van der Waals surface area (Å²) in [7, 11) is 0. The molecular formula is C25H23N3O4. The summed E-state index contributed by atoms with van der Waals surface area (Å²) in [5, 5.41) is 14.4. The number of nitrogens with zero attached hydrogens (tertiary/aromatic N) is 2. The minimum atomic E-state index is -0.429. The molecule has 0 spiro atoms. The van der Waals surface area contributed by atoms with Crippen LogP contribution in [0, 0.1) is 21.4 Å². The third-order valence-corrected chi connectivity index (χ3v) is 6.13. The highest BCUT2D eigenvalue weighted by atomic mass is 16.6. The van der Waals surface area contributed by atoms with Crippen molar-refractivity contribution in [1.29, 1.82) is 0 Å². The molecule has 1 N–H and O–H groups in total. The third-order valence-electron chi connectivity index (χ3n) is 6.13. The second kappa shape index (κ2) is 7.44. The van der Waals surface area contributed by atoms with Crippen molar-refractivity contribution in [3.8, 4) is 11.3 Å². The Hall–Kier alpha value is -3.74. The number of benzene rings is 2. The van der Waals surface area contributed by atoms with Gasteiger partial charge in [0.05, 0.1) is 28.3 Å². The van der Waals surface area contributed by atoms with Gasteiger partial charge in [-0.2, -0.15) is 0 Å². The highest BCUT2D eigenvalue weighted by molar-refractivity contribution is 6.10. The molecule has 32 heavy (non-hydrogen) atoms. The van der Waals surface area contributed by atoms with Gasteiger partial charge in [-0.15, -0.1) is 0 Å². The maximum atomic E-state index is 13.3. The number of anilines is 1. The van der Waals surface area contributed by atoms with Crippen molar-refractivity contribution in [2.24, 2.45) is 16.3 Å². The van der Waals surface area contributed by atoms with Crippen LogP contribution < -0.4 is 5.32 Å². The second-order valence-electron chi connectivity index (χ2n) is 9.21. The fraction of sp³-hybridized carbons (Fsp3) is 0.280. The van der Waals surface area contributed by atoms with Crippen LogP contribution in [0.5, 0.6) is 0 Å². The smallest absolute Gasteiger partial charge is 0.269 e. The van der Waals surface area contributed by atoms with Gasteiger partial charge in [0.25, 0.3) is 5.69 Å².